The monoisotopic (exact) mass is 510 g/mol. The lowest BCUT2D eigenvalue weighted by molar-refractivity contribution is -0.155. The number of hydrogen-bond donors (Lipinski definition) is 2. The molecule has 0 spiro atoms. The summed E-state index contributed by atoms with van der Waals surface area (Å²) in [4.78, 5) is 23.6. The van der Waals surface area contributed by atoms with Gasteiger partial charge in [-0.25, -0.2) is 19.9 Å². The lowest BCUT2D eigenvalue weighted by Crippen LogP contribution is -2.57. The smallest absolute Gasteiger partial charge is 0.353 e. The topological polar surface area (TPSA) is 91.8 Å². The summed E-state index contributed by atoms with van der Waals surface area (Å²) >= 11 is 0. The second kappa shape index (κ2) is 9.18. The number of nitrogens with one attached hydrogen (secondary N) is 2. The maximum Gasteiger partial charge on any atom is 0.405 e. The highest BCUT2D eigenvalue weighted by molar-refractivity contribution is 5.94. The lowest BCUT2D eigenvalue weighted by atomic mass is 10.1. The van der Waals surface area contributed by atoms with Crippen molar-refractivity contribution in [2.45, 2.75) is 31.0 Å². The van der Waals surface area contributed by atoms with Gasteiger partial charge in [0.25, 0.3) is 0 Å². The van der Waals surface area contributed by atoms with Crippen molar-refractivity contribution in [1.29, 1.82) is 0 Å². The summed E-state index contributed by atoms with van der Waals surface area (Å²) in [6.45, 7) is 0.299. The molecule has 8 nitrogen and oxygen atoms in total. The van der Waals surface area contributed by atoms with E-state index in [1.165, 1.54) is 12.1 Å². The first-order valence-electron chi connectivity index (χ1n) is 11.9. The third-order valence-electron chi connectivity index (χ3n) is 6.49. The molecule has 1 aliphatic heterocycles. The normalized spacial score (nSPS) is 18.3. The molecule has 5 heterocycles. The summed E-state index contributed by atoms with van der Waals surface area (Å²) in [5.41, 5.74) is 2.14. The number of anilines is 3. The zero-order chi connectivity index (χ0) is 25.6. The quantitative estimate of drug-likeness (QED) is 0.298. The van der Waals surface area contributed by atoms with Crippen molar-refractivity contribution in [3.63, 3.8) is 0 Å². The molecule has 1 unspecified atom stereocenters. The molecule has 37 heavy (non-hydrogen) atoms. The van der Waals surface area contributed by atoms with E-state index in [-0.39, 0.29) is 18.9 Å². The molecule has 190 valence electrons. The van der Waals surface area contributed by atoms with E-state index < -0.39 is 18.2 Å². The fourth-order valence-electron chi connectivity index (χ4n) is 4.56. The molecular formula is C25H22F4N8. The van der Waals surface area contributed by atoms with E-state index in [2.05, 4.69) is 25.6 Å². The summed E-state index contributed by atoms with van der Waals surface area (Å²) in [7, 11) is 0. The SMILES string of the molecule is Fc1cccc(Nc2cc(-c3nc(N4CCNC(C(F)(F)F)C4)c4c(C5CC5)cncc4n3)ccn2)n1. The minimum Gasteiger partial charge on any atom is -0.353 e. The number of nitrogens with zero attached hydrogens (tertiary/aromatic N) is 6. The van der Waals surface area contributed by atoms with Gasteiger partial charge >= 0.3 is 6.18 Å². The number of alkyl halides is 3. The Bertz CT molecular complexity index is 1460. The summed E-state index contributed by atoms with van der Waals surface area (Å²) in [5, 5.41) is 6.27. The van der Waals surface area contributed by atoms with E-state index in [9.17, 15) is 17.6 Å². The first-order valence-corrected chi connectivity index (χ1v) is 11.9. The van der Waals surface area contributed by atoms with Crippen LogP contribution in [0.5, 0.6) is 0 Å². The first kappa shape index (κ1) is 23.5. The number of hydrogen-bond acceptors (Lipinski definition) is 8. The molecule has 1 aliphatic carbocycles. The third-order valence-corrected chi connectivity index (χ3v) is 6.49. The molecule has 4 aromatic heterocycles. The molecular weight excluding hydrogens is 488 g/mol. The fourth-order valence-corrected chi connectivity index (χ4v) is 4.56. The highest BCUT2D eigenvalue weighted by Gasteiger charge is 2.42. The summed E-state index contributed by atoms with van der Waals surface area (Å²) in [6.07, 6.45) is 2.58. The molecule has 0 radical (unpaired) electrons. The van der Waals surface area contributed by atoms with Crippen LogP contribution in [0.15, 0.2) is 48.9 Å². The number of piperazine rings is 1. The number of halogens is 4. The highest BCUT2D eigenvalue weighted by atomic mass is 19.4. The molecule has 0 amide bonds. The van der Waals surface area contributed by atoms with Crippen molar-refractivity contribution in [3.05, 3.63) is 60.4 Å². The van der Waals surface area contributed by atoms with E-state index in [4.69, 9.17) is 9.97 Å². The number of pyridine rings is 3. The van der Waals surface area contributed by atoms with Crippen LogP contribution >= 0.6 is 0 Å². The van der Waals surface area contributed by atoms with Crippen molar-refractivity contribution >= 4 is 28.4 Å². The van der Waals surface area contributed by atoms with E-state index in [1.807, 2.05) is 0 Å². The Morgan fingerprint density at radius 1 is 1.03 bits per heavy atom. The molecule has 6 rings (SSSR count). The average molecular weight is 510 g/mol. The lowest BCUT2D eigenvalue weighted by Gasteiger charge is -2.36. The van der Waals surface area contributed by atoms with Gasteiger partial charge in [-0.2, -0.15) is 17.6 Å². The molecule has 0 aromatic carbocycles. The van der Waals surface area contributed by atoms with Crippen LogP contribution in [0.25, 0.3) is 22.3 Å². The molecule has 2 fully saturated rings. The fraction of sp³-hybridized carbons (Fsp3) is 0.320. The van der Waals surface area contributed by atoms with E-state index in [0.29, 0.717) is 41.0 Å². The van der Waals surface area contributed by atoms with Crippen molar-refractivity contribution in [3.8, 4) is 11.4 Å². The van der Waals surface area contributed by atoms with E-state index >= 15 is 0 Å². The largest absolute Gasteiger partial charge is 0.405 e. The molecule has 2 aliphatic rings. The van der Waals surface area contributed by atoms with Gasteiger partial charge in [0.1, 0.15) is 23.5 Å². The zero-order valence-electron chi connectivity index (χ0n) is 19.5. The van der Waals surface area contributed by atoms with E-state index in [1.54, 1.807) is 41.7 Å². The van der Waals surface area contributed by atoms with Gasteiger partial charge in [-0.1, -0.05) is 6.07 Å². The second-order valence-corrected chi connectivity index (χ2v) is 9.16. The van der Waals surface area contributed by atoms with Crippen molar-refractivity contribution < 1.29 is 17.6 Å². The molecule has 0 bridgehead atoms. The standard InChI is InChI=1S/C25H22F4N8/c26-19-2-1-3-20(34-19)35-21-10-15(6-7-32-21)23-33-17-12-30-11-16(14-4-5-14)22(17)24(36-23)37-9-8-31-18(13-37)25(27,28)29/h1-3,6-7,10-12,14,18,31H,4-5,8-9,13H2,(H,32,34,35). The van der Waals surface area contributed by atoms with Crippen LogP contribution in [-0.4, -0.2) is 56.8 Å². The molecule has 4 aromatic rings. The molecule has 1 atom stereocenters. The van der Waals surface area contributed by atoms with Crippen molar-refractivity contribution in [2.24, 2.45) is 0 Å². The first-order chi connectivity index (χ1) is 17.8. The van der Waals surface area contributed by atoms with Crippen LogP contribution in [0, 0.1) is 5.95 Å². The Morgan fingerprint density at radius 3 is 2.68 bits per heavy atom. The van der Waals surface area contributed by atoms with Gasteiger partial charge in [-0.15, -0.1) is 0 Å². The van der Waals surface area contributed by atoms with Gasteiger partial charge in [0.05, 0.1) is 11.7 Å². The molecule has 1 saturated heterocycles. The highest BCUT2D eigenvalue weighted by Crippen LogP contribution is 2.45. The Kier molecular flexibility index (Phi) is 5.82. The van der Waals surface area contributed by atoms with Gasteiger partial charge < -0.3 is 15.5 Å². The van der Waals surface area contributed by atoms with E-state index in [0.717, 1.165) is 23.8 Å². The number of fused-ring (bicyclic) bond motifs is 1. The predicted octanol–water partition coefficient (Wildman–Crippen LogP) is 4.58. The third kappa shape index (κ3) is 4.88. The Balaban J connectivity index is 1.43. The predicted molar refractivity (Wildman–Crippen MR) is 130 cm³/mol. The van der Waals surface area contributed by atoms with Crippen LogP contribution in [0.3, 0.4) is 0 Å². The molecule has 1 saturated carbocycles. The van der Waals surface area contributed by atoms with Gasteiger partial charge in [-0.3, -0.25) is 4.98 Å². The van der Waals surface area contributed by atoms with Crippen molar-refractivity contribution in [2.75, 3.05) is 29.9 Å². The number of aromatic nitrogens is 5. The van der Waals surface area contributed by atoms with Crippen LogP contribution in [0.1, 0.15) is 24.3 Å². The minimum atomic E-state index is -4.37. The Labute approximate surface area is 209 Å². The average Bonchev–Trinajstić information content (AvgIpc) is 3.73. The van der Waals surface area contributed by atoms with Crippen LogP contribution in [0.4, 0.5) is 35.0 Å². The maximum atomic E-state index is 13.6. The zero-order valence-corrected chi connectivity index (χ0v) is 19.5. The molecule has 2 N–H and O–H groups in total. The van der Waals surface area contributed by atoms with Crippen LogP contribution in [-0.2, 0) is 0 Å². The van der Waals surface area contributed by atoms with Crippen LogP contribution < -0.4 is 15.5 Å². The second-order valence-electron chi connectivity index (χ2n) is 9.16. The summed E-state index contributed by atoms with van der Waals surface area (Å²) in [5.74, 6) is 1.15. The Morgan fingerprint density at radius 2 is 1.89 bits per heavy atom. The number of rotatable bonds is 5. The van der Waals surface area contributed by atoms with Gasteiger partial charge in [0, 0.05) is 43.0 Å². The summed E-state index contributed by atoms with van der Waals surface area (Å²) < 4.78 is 54.2. The van der Waals surface area contributed by atoms with Gasteiger partial charge in [0.2, 0.25) is 5.95 Å². The minimum absolute atomic E-state index is 0.179. The Hall–Kier alpha value is -3.93. The van der Waals surface area contributed by atoms with Gasteiger partial charge in [-0.05, 0) is 48.6 Å². The summed E-state index contributed by atoms with van der Waals surface area (Å²) in [6, 6.07) is 6.11. The molecule has 12 heteroatoms. The van der Waals surface area contributed by atoms with Crippen LogP contribution in [0.2, 0.25) is 0 Å². The van der Waals surface area contributed by atoms with Gasteiger partial charge in [0.15, 0.2) is 5.82 Å². The maximum absolute atomic E-state index is 13.6. The van der Waals surface area contributed by atoms with Crippen molar-refractivity contribution in [1.82, 2.24) is 30.2 Å².